The van der Waals surface area contributed by atoms with E-state index >= 15 is 0 Å². The van der Waals surface area contributed by atoms with Gasteiger partial charge >= 0.3 is 0 Å². The highest BCUT2D eigenvalue weighted by Gasteiger charge is 2.11. The van der Waals surface area contributed by atoms with Crippen molar-refractivity contribution in [1.29, 1.82) is 0 Å². The number of thiophene rings is 1. The smallest absolute Gasteiger partial charge is 0.223 e. The molecule has 2 aromatic heterocycles. The van der Waals surface area contributed by atoms with Crippen molar-refractivity contribution in [3.63, 3.8) is 0 Å². The highest BCUT2D eigenvalue weighted by molar-refractivity contribution is 7.10. The second-order valence-electron chi connectivity index (χ2n) is 4.36. The minimum absolute atomic E-state index is 0.152. The Labute approximate surface area is 111 Å². The van der Waals surface area contributed by atoms with E-state index in [9.17, 15) is 4.79 Å². The van der Waals surface area contributed by atoms with E-state index in [1.165, 1.54) is 10.4 Å². The summed E-state index contributed by atoms with van der Waals surface area (Å²) in [4.78, 5) is 15.0. The van der Waals surface area contributed by atoms with Crippen LogP contribution in [-0.4, -0.2) is 17.9 Å². The summed E-state index contributed by atoms with van der Waals surface area (Å²) in [7, 11) is 1.85. The molecule has 3 nitrogen and oxygen atoms in total. The van der Waals surface area contributed by atoms with Crippen LogP contribution in [0.15, 0.2) is 34.3 Å². The van der Waals surface area contributed by atoms with E-state index in [2.05, 4.69) is 18.4 Å². The zero-order valence-electron chi connectivity index (χ0n) is 10.7. The molecule has 2 heterocycles. The fourth-order valence-electron chi connectivity index (χ4n) is 1.75. The van der Waals surface area contributed by atoms with Crippen LogP contribution in [0.3, 0.4) is 0 Å². The molecule has 0 aliphatic rings. The van der Waals surface area contributed by atoms with Crippen LogP contribution >= 0.6 is 11.3 Å². The van der Waals surface area contributed by atoms with Gasteiger partial charge < -0.3 is 9.32 Å². The Hall–Kier alpha value is -1.55. The Morgan fingerprint density at radius 2 is 2.28 bits per heavy atom. The summed E-state index contributed by atoms with van der Waals surface area (Å²) < 4.78 is 5.22. The molecule has 0 N–H and O–H groups in total. The maximum atomic E-state index is 12.0. The lowest BCUT2D eigenvalue weighted by Gasteiger charge is -2.16. The molecule has 18 heavy (non-hydrogen) atoms. The Morgan fingerprint density at radius 3 is 2.89 bits per heavy atom. The van der Waals surface area contributed by atoms with Gasteiger partial charge in [-0.15, -0.1) is 11.3 Å². The summed E-state index contributed by atoms with van der Waals surface area (Å²) in [6.45, 7) is 2.77. The first-order chi connectivity index (χ1) is 8.66. The van der Waals surface area contributed by atoms with Crippen LogP contribution in [0, 0.1) is 6.92 Å². The van der Waals surface area contributed by atoms with Crippen molar-refractivity contribution in [3.8, 4) is 0 Å². The number of carbonyl (C=O) groups excluding carboxylic acids is 1. The molecule has 0 saturated heterocycles. The number of aryl methyl sites for hydroxylation is 2. The fraction of sp³-hybridized carbons (Fsp3) is 0.357. The molecule has 0 radical (unpaired) electrons. The van der Waals surface area contributed by atoms with Gasteiger partial charge in [0.15, 0.2) is 0 Å². The van der Waals surface area contributed by atoms with E-state index in [1.54, 1.807) is 22.5 Å². The number of rotatable bonds is 5. The van der Waals surface area contributed by atoms with Gasteiger partial charge in [0.05, 0.1) is 12.8 Å². The summed E-state index contributed by atoms with van der Waals surface area (Å²) in [5, 5.41) is 2.06. The van der Waals surface area contributed by atoms with Gasteiger partial charge in [0.2, 0.25) is 5.91 Å². The fourth-order valence-corrected chi connectivity index (χ4v) is 2.70. The van der Waals surface area contributed by atoms with Gasteiger partial charge in [0.1, 0.15) is 5.76 Å². The largest absolute Gasteiger partial charge is 0.469 e. The first kappa shape index (κ1) is 12.9. The third kappa shape index (κ3) is 3.23. The highest BCUT2D eigenvalue weighted by Crippen LogP contribution is 2.17. The third-order valence-corrected chi connectivity index (χ3v) is 3.95. The van der Waals surface area contributed by atoms with E-state index in [4.69, 9.17) is 4.42 Å². The normalized spacial score (nSPS) is 10.6. The molecule has 2 rings (SSSR count). The predicted molar refractivity (Wildman–Crippen MR) is 72.6 cm³/mol. The predicted octanol–water partition coefficient (Wildman–Crippen LogP) is 3.24. The molecule has 0 aliphatic carbocycles. The van der Waals surface area contributed by atoms with Crippen molar-refractivity contribution in [1.82, 2.24) is 4.90 Å². The quantitative estimate of drug-likeness (QED) is 0.829. The van der Waals surface area contributed by atoms with E-state index in [1.807, 2.05) is 19.2 Å². The SMILES string of the molecule is Cc1ccsc1CN(C)C(=O)CCc1ccco1. The zero-order valence-corrected chi connectivity index (χ0v) is 11.5. The minimum Gasteiger partial charge on any atom is -0.469 e. The van der Waals surface area contributed by atoms with Crippen molar-refractivity contribution >= 4 is 17.2 Å². The lowest BCUT2D eigenvalue weighted by molar-refractivity contribution is -0.130. The molecule has 0 spiro atoms. The summed E-state index contributed by atoms with van der Waals surface area (Å²) in [6.07, 6.45) is 2.80. The van der Waals surface area contributed by atoms with Gasteiger partial charge in [-0.2, -0.15) is 0 Å². The minimum atomic E-state index is 0.152. The molecule has 0 saturated carbocycles. The van der Waals surface area contributed by atoms with Crippen molar-refractivity contribution in [2.45, 2.75) is 26.3 Å². The van der Waals surface area contributed by atoms with Gasteiger partial charge in [0, 0.05) is 24.8 Å². The molecule has 0 fully saturated rings. The van der Waals surface area contributed by atoms with Crippen LogP contribution in [0.4, 0.5) is 0 Å². The second kappa shape index (κ2) is 5.87. The molecule has 0 unspecified atom stereocenters. The molecule has 0 aromatic carbocycles. The Morgan fingerprint density at radius 1 is 1.44 bits per heavy atom. The summed E-state index contributed by atoms with van der Waals surface area (Å²) in [6, 6.07) is 5.83. The maximum Gasteiger partial charge on any atom is 0.223 e. The Bertz CT molecular complexity index is 502. The van der Waals surface area contributed by atoms with Crippen LogP contribution in [-0.2, 0) is 17.8 Å². The Kier molecular flexibility index (Phi) is 4.20. The zero-order chi connectivity index (χ0) is 13.0. The van der Waals surface area contributed by atoms with Gasteiger partial charge in [-0.1, -0.05) is 0 Å². The van der Waals surface area contributed by atoms with Crippen LogP contribution in [0.25, 0.3) is 0 Å². The van der Waals surface area contributed by atoms with E-state index in [-0.39, 0.29) is 5.91 Å². The monoisotopic (exact) mass is 263 g/mol. The topological polar surface area (TPSA) is 33.5 Å². The van der Waals surface area contributed by atoms with Gasteiger partial charge in [-0.25, -0.2) is 0 Å². The number of carbonyl (C=O) groups is 1. The maximum absolute atomic E-state index is 12.0. The van der Waals surface area contributed by atoms with Crippen molar-refractivity contribution in [3.05, 3.63) is 46.0 Å². The van der Waals surface area contributed by atoms with Crippen molar-refractivity contribution < 1.29 is 9.21 Å². The lowest BCUT2D eigenvalue weighted by Crippen LogP contribution is -2.26. The number of hydrogen-bond donors (Lipinski definition) is 0. The van der Waals surface area contributed by atoms with Crippen molar-refractivity contribution in [2.24, 2.45) is 0 Å². The highest BCUT2D eigenvalue weighted by atomic mass is 32.1. The van der Waals surface area contributed by atoms with E-state index in [0.717, 1.165) is 5.76 Å². The van der Waals surface area contributed by atoms with Crippen LogP contribution in [0.5, 0.6) is 0 Å². The van der Waals surface area contributed by atoms with Crippen LogP contribution < -0.4 is 0 Å². The van der Waals surface area contributed by atoms with Gasteiger partial charge in [-0.05, 0) is 36.1 Å². The standard InChI is InChI=1S/C14H17NO2S/c1-11-7-9-18-13(11)10-15(2)14(16)6-5-12-4-3-8-17-12/h3-4,7-9H,5-6,10H2,1-2H3. The molecular weight excluding hydrogens is 246 g/mol. The molecule has 96 valence electrons. The first-order valence-electron chi connectivity index (χ1n) is 5.96. The van der Waals surface area contributed by atoms with Crippen molar-refractivity contribution in [2.75, 3.05) is 7.05 Å². The molecule has 0 aliphatic heterocycles. The molecule has 4 heteroatoms. The van der Waals surface area contributed by atoms with Gasteiger partial charge in [0.25, 0.3) is 0 Å². The Balaban J connectivity index is 1.83. The van der Waals surface area contributed by atoms with E-state index in [0.29, 0.717) is 19.4 Å². The number of hydrogen-bond acceptors (Lipinski definition) is 3. The molecule has 0 bridgehead atoms. The number of amides is 1. The summed E-state index contributed by atoms with van der Waals surface area (Å²) in [5.74, 6) is 1.02. The number of nitrogens with zero attached hydrogens (tertiary/aromatic N) is 1. The number of furan rings is 1. The average Bonchev–Trinajstić information content (AvgIpc) is 2.99. The molecular formula is C14H17NO2S. The lowest BCUT2D eigenvalue weighted by atomic mass is 10.2. The summed E-state index contributed by atoms with van der Waals surface area (Å²) in [5.41, 5.74) is 1.26. The summed E-state index contributed by atoms with van der Waals surface area (Å²) >= 11 is 1.70. The average molecular weight is 263 g/mol. The molecule has 2 aromatic rings. The van der Waals surface area contributed by atoms with Gasteiger partial charge in [-0.3, -0.25) is 4.79 Å². The molecule has 0 atom stereocenters. The van der Waals surface area contributed by atoms with Crippen LogP contribution in [0.2, 0.25) is 0 Å². The second-order valence-corrected chi connectivity index (χ2v) is 5.36. The van der Waals surface area contributed by atoms with E-state index < -0.39 is 0 Å². The first-order valence-corrected chi connectivity index (χ1v) is 6.84. The van der Waals surface area contributed by atoms with Crippen LogP contribution in [0.1, 0.15) is 22.6 Å². The third-order valence-electron chi connectivity index (χ3n) is 2.94. The molecule has 1 amide bonds.